The summed E-state index contributed by atoms with van der Waals surface area (Å²) in [5.41, 5.74) is 5.33. The average Bonchev–Trinajstić information content (AvgIpc) is 2.27. The van der Waals surface area contributed by atoms with E-state index >= 15 is 0 Å². The van der Waals surface area contributed by atoms with Crippen molar-refractivity contribution < 1.29 is 9.53 Å². The van der Waals surface area contributed by atoms with Crippen molar-refractivity contribution in [3.05, 3.63) is 0 Å². The number of hydrogen-bond donors (Lipinski definition) is 3. The highest BCUT2D eigenvalue weighted by atomic mass is 16.6. The molecule has 4 N–H and O–H groups in total. The number of amides is 1. The van der Waals surface area contributed by atoms with E-state index in [0.717, 1.165) is 19.4 Å². The molecule has 5 nitrogen and oxygen atoms in total. The van der Waals surface area contributed by atoms with Crippen molar-refractivity contribution >= 4 is 6.09 Å². The second-order valence-electron chi connectivity index (χ2n) is 3.90. The highest BCUT2D eigenvalue weighted by molar-refractivity contribution is 5.67. The van der Waals surface area contributed by atoms with Gasteiger partial charge in [0, 0.05) is 13.1 Å². The molecule has 0 saturated heterocycles. The Morgan fingerprint density at radius 3 is 2.44 bits per heavy atom. The molecule has 0 spiro atoms. The van der Waals surface area contributed by atoms with Crippen LogP contribution >= 0.6 is 0 Å². The zero-order valence-electron chi connectivity index (χ0n) is 10.4. The number of carbonyl (C=O) groups excluding carboxylic acids is 1. The van der Waals surface area contributed by atoms with Crippen LogP contribution in [0.4, 0.5) is 4.79 Å². The minimum Gasteiger partial charge on any atom is -0.445 e. The van der Waals surface area contributed by atoms with Gasteiger partial charge >= 0.3 is 6.09 Å². The van der Waals surface area contributed by atoms with Gasteiger partial charge in [0.1, 0.15) is 6.10 Å². The molecule has 0 rings (SSSR count). The first kappa shape index (κ1) is 15.2. The lowest BCUT2D eigenvalue weighted by molar-refractivity contribution is 0.110. The van der Waals surface area contributed by atoms with Crippen molar-refractivity contribution in [1.29, 1.82) is 0 Å². The molecule has 0 aliphatic rings. The van der Waals surface area contributed by atoms with Crippen molar-refractivity contribution in [2.24, 2.45) is 5.73 Å². The number of nitrogens with one attached hydrogen (secondary N) is 2. The smallest absolute Gasteiger partial charge is 0.407 e. The van der Waals surface area contributed by atoms with Crippen LogP contribution in [0.1, 0.15) is 32.6 Å². The normalized spacial score (nSPS) is 12.2. The molecule has 0 saturated carbocycles. The molecule has 0 heterocycles. The molecule has 16 heavy (non-hydrogen) atoms. The Labute approximate surface area is 98.1 Å². The van der Waals surface area contributed by atoms with E-state index in [0.29, 0.717) is 13.1 Å². The van der Waals surface area contributed by atoms with E-state index in [1.54, 1.807) is 6.92 Å². The molecule has 1 amide bonds. The third-order valence-electron chi connectivity index (χ3n) is 2.26. The van der Waals surface area contributed by atoms with E-state index < -0.39 is 0 Å². The van der Waals surface area contributed by atoms with Crippen LogP contribution < -0.4 is 16.4 Å². The summed E-state index contributed by atoms with van der Waals surface area (Å²) in [4.78, 5) is 11.1. The van der Waals surface area contributed by atoms with E-state index in [1.165, 1.54) is 12.8 Å². The van der Waals surface area contributed by atoms with Crippen LogP contribution in [0.3, 0.4) is 0 Å². The fourth-order valence-electron chi connectivity index (χ4n) is 1.24. The van der Waals surface area contributed by atoms with Gasteiger partial charge in [0.25, 0.3) is 0 Å². The van der Waals surface area contributed by atoms with Crippen molar-refractivity contribution in [3.8, 4) is 0 Å². The Balaban J connectivity index is 3.21. The van der Waals surface area contributed by atoms with Gasteiger partial charge in [-0.3, -0.25) is 0 Å². The zero-order valence-corrected chi connectivity index (χ0v) is 10.4. The van der Waals surface area contributed by atoms with E-state index in [2.05, 4.69) is 10.6 Å². The second-order valence-corrected chi connectivity index (χ2v) is 3.90. The van der Waals surface area contributed by atoms with Crippen molar-refractivity contribution in [3.63, 3.8) is 0 Å². The number of rotatable bonds is 9. The van der Waals surface area contributed by atoms with E-state index in [9.17, 15) is 4.79 Å². The van der Waals surface area contributed by atoms with Crippen LogP contribution in [0, 0.1) is 0 Å². The number of carbonyl (C=O) groups is 1. The van der Waals surface area contributed by atoms with Gasteiger partial charge in [0.15, 0.2) is 0 Å². The molecular weight excluding hydrogens is 206 g/mol. The molecule has 1 atom stereocenters. The third kappa shape index (κ3) is 9.73. The van der Waals surface area contributed by atoms with Gasteiger partial charge in [-0.25, -0.2) is 4.79 Å². The summed E-state index contributed by atoms with van der Waals surface area (Å²) >= 11 is 0. The predicted octanol–water partition coefficient (Wildman–Crippen LogP) is 0.840. The van der Waals surface area contributed by atoms with E-state index in [4.69, 9.17) is 10.5 Å². The van der Waals surface area contributed by atoms with Crippen molar-refractivity contribution in [2.45, 2.75) is 38.7 Å². The highest BCUT2D eigenvalue weighted by Crippen LogP contribution is 1.97. The number of ether oxygens (including phenoxy) is 1. The highest BCUT2D eigenvalue weighted by Gasteiger charge is 2.05. The van der Waals surface area contributed by atoms with Gasteiger partial charge < -0.3 is 21.1 Å². The first-order valence-electron chi connectivity index (χ1n) is 5.99. The number of alkyl carbamates (subject to hydrolysis) is 1. The van der Waals surface area contributed by atoms with Crippen molar-refractivity contribution in [2.75, 3.05) is 26.7 Å². The lowest BCUT2D eigenvalue weighted by atomic mass is 10.2. The maximum atomic E-state index is 11.1. The Kier molecular flexibility index (Phi) is 10.2. The van der Waals surface area contributed by atoms with Crippen molar-refractivity contribution in [1.82, 2.24) is 10.6 Å². The maximum absolute atomic E-state index is 11.1. The molecule has 0 aromatic carbocycles. The van der Waals surface area contributed by atoms with Gasteiger partial charge in [0.05, 0.1) is 0 Å². The fraction of sp³-hybridized carbons (Fsp3) is 0.909. The molecule has 5 heteroatoms. The van der Waals surface area contributed by atoms with Crippen LogP contribution in [0.25, 0.3) is 0 Å². The van der Waals surface area contributed by atoms with Gasteiger partial charge in [-0.15, -0.1) is 0 Å². The molecule has 0 aliphatic carbocycles. The minimum atomic E-state index is -0.367. The van der Waals surface area contributed by atoms with Gasteiger partial charge in [0.2, 0.25) is 0 Å². The molecule has 0 radical (unpaired) electrons. The number of unbranched alkanes of at least 4 members (excludes halogenated alkanes) is 3. The summed E-state index contributed by atoms with van der Waals surface area (Å²) in [6, 6.07) is 0. The predicted molar refractivity (Wildman–Crippen MR) is 65.4 cm³/mol. The molecular formula is C11H25N3O2. The minimum absolute atomic E-state index is 0.212. The van der Waals surface area contributed by atoms with Gasteiger partial charge in [-0.1, -0.05) is 12.8 Å². The first-order chi connectivity index (χ1) is 7.70. The van der Waals surface area contributed by atoms with Gasteiger partial charge in [-0.05, 0) is 33.4 Å². The summed E-state index contributed by atoms with van der Waals surface area (Å²) < 4.78 is 4.96. The summed E-state index contributed by atoms with van der Waals surface area (Å²) in [6.07, 6.45) is 3.93. The number of hydrogen-bond acceptors (Lipinski definition) is 4. The van der Waals surface area contributed by atoms with E-state index in [1.807, 2.05) is 7.05 Å². The lowest BCUT2D eigenvalue weighted by Gasteiger charge is -2.11. The second kappa shape index (κ2) is 10.7. The Morgan fingerprint density at radius 1 is 1.25 bits per heavy atom. The quantitative estimate of drug-likeness (QED) is 0.514. The summed E-state index contributed by atoms with van der Waals surface area (Å²) in [7, 11) is 1.95. The topological polar surface area (TPSA) is 76.4 Å². The molecule has 0 aromatic heterocycles. The zero-order chi connectivity index (χ0) is 12.2. The van der Waals surface area contributed by atoms with Crippen LogP contribution in [0.2, 0.25) is 0 Å². The molecule has 96 valence electrons. The monoisotopic (exact) mass is 231 g/mol. The van der Waals surface area contributed by atoms with Crippen LogP contribution in [-0.4, -0.2) is 38.9 Å². The molecule has 0 aromatic rings. The molecule has 0 bridgehead atoms. The van der Waals surface area contributed by atoms with Crippen LogP contribution in [0.5, 0.6) is 0 Å². The Morgan fingerprint density at radius 2 is 1.88 bits per heavy atom. The van der Waals surface area contributed by atoms with E-state index in [-0.39, 0.29) is 12.2 Å². The summed E-state index contributed by atoms with van der Waals surface area (Å²) in [5.74, 6) is 0. The summed E-state index contributed by atoms with van der Waals surface area (Å²) in [6.45, 7) is 3.87. The SMILES string of the molecule is CNCCCCCCNC(=O)OC(C)CN. The first-order valence-corrected chi connectivity index (χ1v) is 5.99. The fourth-order valence-corrected chi connectivity index (χ4v) is 1.24. The third-order valence-corrected chi connectivity index (χ3v) is 2.26. The maximum Gasteiger partial charge on any atom is 0.407 e. The molecule has 1 unspecified atom stereocenters. The van der Waals surface area contributed by atoms with Gasteiger partial charge in [-0.2, -0.15) is 0 Å². The van der Waals surface area contributed by atoms with Crippen LogP contribution in [-0.2, 0) is 4.74 Å². The summed E-state index contributed by atoms with van der Waals surface area (Å²) in [5, 5.41) is 5.81. The number of nitrogens with two attached hydrogens (primary N) is 1. The molecule has 0 fully saturated rings. The molecule has 0 aliphatic heterocycles. The average molecular weight is 231 g/mol. The standard InChI is InChI=1S/C11H25N3O2/c1-10(9-12)16-11(15)14-8-6-4-3-5-7-13-2/h10,13H,3-9,12H2,1-2H3,(H,14,15). The Bertz CT molecular complexity index is 177. The van der Waals surface area contributed by atoms with Crippen LogP contribution in [0.15, 0.2) is 0 Å². The largest absolute Gasteiger partial charge is 0.445 e. The Hall–Kier alpha value is -0.810. The lowest BCUT2D eigenvalue weighted by Crippen LogP contribution is -2.31.